The van der Waals surface area contributed by atoms with E-state index in [0.717, 1.165) is 11.3 Å². The first kappa shape index (κ1) is 13.2. The molecule has 1 aromatic carbocycles. The summed E-state index contributed by atoms with van der Waals surface area (Å²) in [6.45, 7) is 2.07. The van der Waals surface area contributed by atoms with Crippen LogP contribution in [0.1, 0.15) is 5.56 Å². The maximum atomic E-state index is 11.4. The van der Waals surface area contributed by atoms with Crippen molar-refractivity contribution in [3.8, 4) is 0 Å². The Bertz CT molecular complexity index is 387. The molecule has 0 aliphatic heterocycles. The van der Waals surface area contributed by atoms with Crippen molar-refractivity contribution in [2.45, 2.75) is 6.92 Å². The van der Waals surface area contributed by atoms with Gasteiger partial charge in [0.05, 0.1) is 20.2 Å². The van der Waals surface area contributed by atoms with Crippen molar-refractivity contribution in [1.29, 1.82) is 0 Å². The highest BCUT2D eigenvalue weighted by Crippen LogP contribution is 2.07. The molecule has 0 saturated heterocycles. The molecule has 0 atom stereocenters. The minimum atomic E-state index is -0.395. The fourth-order valence-electron chi connectivity index (χ4n) is 1.19. The number of ether oxygens (including phenoxy) is 1. The van der Waals surface area contributed by atoms with E-state index in [1.54, 1.807) is 0 Å². The molecule has 1 aromatic rings. The molecule has 5 heteroatoms. The molecule has 92 valence electrons. The number of nitrogens with one attached hydrogen (secondary N) is 2. The van der Waals surface area contributed by atoms with E-state index in [1.807, 2.05) is 31.2 Å². The number of carbonyl (C=O) groups excluding carboxylic acids is 2. The van der Waals surface area contributed by atoms with Crippen LogP contribution >= 0.6 is 0 Å². The summed E-state index contributed by atoms with van der Waals surface area (Å²) in [5.74, 6) is -0.592. The van der Waals surface area contributed by atoms with Crippen LogP contribution in [0.4, 0.5) is 5.69 Å². The standard InChI is InChI=1S/C12H16N2O3/c1-9-3-5-10(6-4-9)14-11(15)7-13-8-12(16)17-2/h3-6,13H,7-8H2,1-2H3,(H,14,15). The van der Waals surface area contributed by atoms with Crippen molar-refractivity contribution in [3.63, 3.8) is 0 Å². The molecule has 0 aliphatic rings. The van der Waals surface area contributed by atoms with Gasteiger partial charge in [-0.3, -0.25) is 14.9 Å². The lowest BCUT2D eigenvalue weighted by Gasteiger charge is -2.06. The quantitative estimate of drug-likeness (QED) is 0.738. The Balaban J connectivity index is 2.30. The molecule has 0 heterocycles. The largest absolute Gasteiger partial charge is 0.468 e. The van der Waals surface area contributed by atoms with Crippen LogP contribution in [0.25, 0.3) is 0 Å². The maximum absolute atomic E-state index is 11.4. The highest BCUT2D eigenvalue weighted by atomic mass is 16.5. The summed E-state index contributed by atoms with van der Waals surface area (Å²) in [4.78, 5) is 22.2. The number of carbonyl (C=O) groups is 2. The number of anilines is 1. The molecule has 0 bridgehead atoms. The van der Waals surface area contributed by atoms with E-state index < -0.39 is 5.97 Å². The summed E-state index contributed by atoms with van der Waals surface area (Å²) in [5, 5.41) is 5.39. The van der Waals surface area contributed by atoms with E-state index in [1.165, 1.54) is 7.11 Å². The number of methoxy groups -OCH3 is 1. The summed E-state index contributed by atoms with van der Waals surface area (Å²) >= 11 is 0. The first-order valence-corrected chi connectivity index (χ1v) is 5.26. The molecule has 0 spiro atoms. The molecule has 0 radical (unpaired) electrons. The Kier molecular flexibility index (Phi) is 5.16. The van der Waals surface area contributed by atoms with E-state index in [2.05, 4.69) is 15.4 Å². The molecule has 0 aromatic heterocycles. The topological polar surface area (TPSA) is 67.4 Å². The number of hydrogen-bond acceptors (Lipinski definition) is 4. The molecule has 0 aliphatic carbocycles. The molecule has 2 N–H and O–H groups in total. The Hall–Kier alpha value is -1.88. The zero-order valence-corrected chi connectivity index (χ0v) is 9.95. The lowest BCUT2D eigenvalue weighted by atomic mass is 10.2. The van der Waals surface area contributed by atoms with Crippen molar-refractivity contribution in [2.75, 3.05) is 25.5 Å². The van der Waals surface area contributed by atoms with Crippen LogP contribution in [0.5, 0.6) is 0 Å². The average molecular weight is 236 g/mol. The number of aryl methyl sites for hydroxylation is 1. The minimum absolute atomic E-state index is 0.0256. The number of rotatable bonds is 5. The van der Waals surface area contributed by atoms with E-state index in [9.17, 15) is 9.59 Å². The maximum Gasteiger partial charge on any atom is 0.319 e. The summed E-state index contributed by atoms with van der Waals surface area (Å²) in [7, 11) is 1.30. The molecular weight excluding hydrogens is 220 g/mol. The predicted molar refractivity (Wildman–Crippen MR) is 64.7 cm³/mol. The minimum Gasteiger partial charge on any atom is -0.468 e. The van der Waals surface area contributed by atoms with Gasteiger partial charge in [-0.2, -0.15) is 0 Å². The molecule has 17 heavy (non-hydrogen) atoms. The fraction of sp³-hybridized carbons (Fsp3) is 0.333. The molecule has 0 unspecified atom stereocenters. The van der Waals surface area contributed by atoms with Crippen LogP contribution in [-0.4, -0.2) is 32.1 Å². The average Bonchev–Trinajstić information content (AvgIpc) is 2.32. The molecule has 0 saturated carbocycles. The summed E-state index contributed by atoms with van der Waals surface area (Å²) < 4.78 is 4.43. The van der Waals surface area contributed by atoms with Gasteiger partial charge in [0.15, 0.2) is 0 Å². The summed E-state index contributed by atoms with van der Waals surface area (Å²) in [6, 6.07) is 7.48. The van der Waals surface area contributed by atoms with Gasteiger partial charge in [-0.1, -0.05) is 17.7 Å². The van der Waals surface area contributed by atoms with Crippen LogP contribution in [0.3, 0.4) is 0 Å². The van der Waals surface area contributed by atoms with Crippen molar-refractivity contribution >= 4 is 17.6 Å². The highest BCUT2D eigenvalue weighted by Gasteiger charge is 2.04. The normalized spacial score (nSPS) is 9.76. The van der Waals surface area contributed by atoms with Crippen LogP contribution in [-0.2, 0) is 14.3 Å². The van der Waals surface area contributed by atoms with Gasteiger partial charge in [-0.05, 0) is 19.1 Å². The first-order valence-electron chi connectivity index (χ1n) is 5.26. The monoisotopic (exact) mass is 236 g/mol. The predicted octanol–water partition coefficient (Wildman–Crippen LogP) is 0.696. The summed E-state index contributed by atoms with van der Waals surface area (Å²) in [5.41, 5.74) is 1.87. The Morgan fingerprint density at radius 1 is 1.18 bits per heavy atom. The second-order valence-corrected chi connectivity index (χ2v) is 3.59. The molecule has 1 amide bonds. The van der Waals surface area contributed by atoms with Gasteiger partial charge in [-0.25, -0.2) is 0 Å². The molecule has 1 rings (SSSR count). The van der Waals surface area contributed by atoms with Crippen molar-refractivity contribution < 1.29 is 14.3 Å². The van der Waals surface area contributed by atoms with Crippen LogP contribution in [0.2, 0.25) is 0 Å². The number of amides is 1. The lowest BCUT2D eigenvalue weighted by molar-refractivity contribution is -0.139. The van der Waals surface area contributed by atoms with Gasteiger partial charge in [0.2, 0.25) is 5.91 Å². The molecule has 5 nitrogen and oxygen atoms in total. The Morgan fingerprint density at radius 3 is 2.41 bits per heavy atom. The first-order chi connectivity index (χ1) is 8.11. The Morgan fingerprint density at radius 2 is 1.82 bits per heavy atom. The van der Waals surface area contributed by atoms with Crippen molar-refractivity contribution in [1.82, 2.24) is 5.32 Å². The third-order valence-electron chi connectivity index (χ3n) is 2.12. The highest BCUT2D eigenvalue weighted by molar-refractivity contribution is 5.92. The SMILES string of the molecule is COC(=O)CNCC(=O)Nc1ccc(C)cc1. The van der Waals surface area contributed by atoms with Gasteiger partial charge in [0.25, 0.3) is 0 Å². The zero-order valence-electron chi connectivity index (χ0n) is 9.95. The van der Waals surface area contributed by atoms with Gasteiger partial charge in [-0.15, -0.1) is 0 Å². The van der Waals surface area contributed by atoms with Crippen molar-refractivity contribution in [2.24, 2.45) is 0 Å². The van der Waals surface area contributed by atoms with Crippen LogP contribution < -0.4 is 10.6 Å². The molecule has 0 fully saturated rings. The van der Waals surface area contributed by atoms with Crippen LogP contribution in [0, 0.1) is 6.92 Å². The van der Waals surface area contributed by atoms with E-state index in [4.69, 9.17) is 0 Å². The Labute approximate surface area is 100 Å². The van der Waals surface area contributed by atoms with Gasteiger partial charge >= 0.3 is 5.97 Å². The van der Waals surface area contributed by atoms with E-state index in [-0.39, 0.29) is 19.0 Å². The molecular formula is C12H16N2O3. The van der Waals surface area contributed by atoms with E-state index in [0.29, 0.717) is 0 Å². The lowest BCUT2D eigenvalue weighted by Crippen LogP contribution is -2.32. The summed E-state index contributed by atoms with van der Waals surface area (Å²) in [6.07, 6.45) is 0. The van der Waals surface area contributed by atoms with Gasteiger partial charge in [0, 0.05) is 5.69 Å². The zero-order chi connectivity index (χ0) is 12.7. The second-order valence-electron chi connectivity index (χ2n) is 3.59. The number of esters is 1. The second kappa shape index (κ2) is 6.65. The van der Waals surface area contributed by atoms with E-state index >= 15 is 0 Å². The van der Waals surface area contributed by atoms with Crippen molar-refractivity contribution in [3.05, 3.63) is 29.8 Å². The van der Waals surface area contributed by atoms with Gasteiger partial charge < -0.3 is 10.1 Å². The number of benzene rings is 1. The smallest absolute Gasteiger partial charge is 0.319 e. The number of hydrogen-bond donors (Lipinski definition) is 2. The fourth-order valence-corrected chi connectivity index (χ4v) is 1.19. The van der Waals surface area contributed by atoms with Crippen LogP contribution in [0.15, 0.2) is 24.3 Å². The third-order valence-corrected chi connectivity index (χ3v) is 2.12. The van der Waals surface area contributed by atoms with Gasteiger partial charge in [0.1, 0.15) is 0 Å². The third kappa shape index (κ3) is 5.12.